The first-order valence-electron chi connectivity index (χ1n) is 8.79. The smallest absolute Gasteiger partial charge is 0.269 e. The normalized spacial score (nSPS) is 11.6. The lowest BCUT2D eigenvalue weighted by Crippen LogP contribution is -2.16. The summed E-state index contributed by atoms with van der Waals surface area (Å²) in [4.78, 5) is 23.2. The molecular formula is C22H19ClN2O3. The molecule has 0 aliphatic carbocycles. The number of nitro benzene ring substituents is 1. The Morgan fingerprint density at radius 2 is 1.79 bits per heavy atom. The number of hydrogen-bond acceptors (Lipinski definition) is 4. The van der Waals surface area contributed by atoms with Gasteiger partial charge in [-0.25, -0.2) is 0 Å². The maximum Gasteiger partial charge on any atom is 0.269 e. The molecule has 0 aliphatic heterocycles. The highest BCUT2D eigenvalue weighted by atomic mass is 35.5. The van der Waals surface area contributed by atoms with Gasteiger partial charge in [-0.3, -0.25) is 14.9 Å². The van der Waals surface area contributed by atoms with Gasteiger partial charge in [0.05, 0.1) is 11.0 Å². The molecule has 0 spiro atoms. The first-order valence-corrected chi connectivity index (χ1v) is 9.16. The summed E-state index contributed by atoms with van der Waals surface area (Å²) in [6, 6.07) is 20.7. The Balaban J connectivity index is 1.86. The number of Topliss-reactive ketones (excluding diaryl/α,β-unsaturated/α-hetero) is 1. The molecule has 142 valence electrons. The first-order chi connectivity index (χ1) is 13.4. The number of ketones is 1. The molecule has 0 fully saturated rings. The van der Waals surface area contributed by atoms with Crippen LogP contribution in [0, 0.1) is 17.0 Å². The third-order valence-corrected chi connectivity index (χ3v) is 4.63. The van der Waals surface area contributed by atoms with E-state index in [0.29, 0.717) is 16.3 Å². The fourth-order valence-corrected chi connectivity index (χ4v) is 3.18. The minimum atomic E-state index is -0.440. The van der Waals surface area contributed by atoms with Gasteiger partial charge in [0.15, 0.2) is 5.78 Å². The molecule has 28 heavy (non-hydrogen) atoms. The third kappa shape index (κ3) is 4.96. The molecule has 0 saturated carbocycles. The van der Waals surface area contributed by atoms with E-state index in [1.807, 2.05) is 31.2 Å². The lowest BCUT2D eigenvalue weighted by Gasteiger charge is -2.20. The van der Waals surface area contributed by atoms with Crippen LogP contribution in [0.3, 0.4) is 0 Å². The summed E-state index contributed by atoms with van der Waals surface area (Å²) in [5.41, 5.74) is 3.33. The fraction of sp³-hybridized carbons (Fsp3) is 0.136. The van der Waals surface area contributed by atoms with Crippen LogP contribution in [0.15, 0.2) is 72.8 Å². The SMILES string of the molecule is Cc1cccc(C(CC(=O)c2cccc(Cl)c2)Nc2ccc([N+](=O)[O-])cc2)c1. The Morgan fingerprint density at radius 3 is 2.43 bits per heavy atom. The van der Waals surface area contributed by atoms with E-state index in [2.05, 4.69) is 5.32 Å². The summed E-state index contributed by atoms with van der Waals surface area (Å²) in [6.07, 6.45) is 0.223. The summed E-state index contributed by atoms with van der Waals surface area (Å²) < 4.78 is 0. The van der Waals surface area contributed by atoms with Crippen LogP contribution in [-0.4, -0.2) is 10.7 Å². The molecule has 6 heteroatoms. The molecule has 3 aromatic carbocycles. The summed E-state index contributed by atoms with van der Waals surface area (Å²) in [5, 5.41) is 14.7. The zero-order chi connectivity index (χ0) is 20.1. The number of halogens is 1. The van der Waals surface area contributed by atoms with Gasteiger partial charge in [-0.1, -0.05) is 53.6 Å². The second kappa shape index (κ2) is 8.67. The van der Waals surface area contributed by atoms with Crippen molar-refractivity contribution in [2.45, 2.75) is 19.4 Å². The Kier molecular flexibility index (Phi) is 6.06. The number of hydrogen-bond donors (Lipinski definition) is 1. The predicted molar refractivity (Wildman–Crippen MR) is 111 cm³/mol. The Hall–Kier alpha value is -3.18. The standard InChI is InChI=1S/C22H19ClN2O3/c1-15-4-2-5-16(12-15)21(14-22(26)17-6-3-7-18(23)13-17)24-19-8-10-20(11-9-19)25(27)28/h2-13,21,24H,14H2,1H3. The third-order valence-electron chi connectivity index (χ3n) is 4.40. The number of non-ortho nitro benzene ring substituents is 1. The fourth-order valence-electron chi connectivity index (χ4n) is 2.98. The summed E-state index contributed by atoms with van der Waals surface area (Å²) in [6.45, 7) is 1.99. The lowest BCUT2D eigenvalue weighted by atomic mass is 9.96. The van der Waals surface area contributed by atoms with Gasteiger partial charge in [0, 0.05) is 34.8 Å². The van der Waals surface area contributed by atoms with Crippen molar-refractivity contribution in [3.05, 3.63) is 105 Å². The van der Waals surface area contributed by atoms with E-state index in [1.165, 1.54) is 12.1 Å². The molecule has 0 amide bonds. The molecule has 1 N–H and O–H groups in total. The van der Waals surface area contributed by atoms with Gasteiger partial charge in [-0.15, -0.1) is 0 Å². The maximum atomic E-state index is 12.8. The first kappa shape index (κ1) is 19.6. The average Bonchev–Trinajstić information content (AvgIpc) is 2.68. The van der Waals surface area contributed by atoms with E-state index in [0.717, 1.165) is 11.1 Å². The molecule has 5 nitrogen and oxygen atoms in total. The molecule has 0 saturated heterocycles. The number of anilines is 1. The number of rotatable bonds is 7. The molecule has 3 rings (SSSR count). The van der Waals surface area contributed by atoms with Crippen molar-refractivity contribution in [2.24, 2.45) is 0 Å². The monoisotopic (exact) mass is 394 g/mol. The van der Waals surface area contributed by atoms with E-state index in [9.17, 15) is 14.9 Å². The maximum absolute atomic E-state index is 12.8. The largest absolute Gasteiger partial charge is 0.378 e. The number of nitrogens with one attached hydrogen (secondary N) is 1. The highest BCUT2D eigenvalue weighted by Crippen LogP contribution is 2.27. The zero-order valence-corrected chi connectivity index (χ0v) is 16.0. The Bertz CT molecular complexity index is 1000. The van der Waals surface area contributed by atoms with Crippen molar-refractivity contribution < 1.29 is 9.72 Å². The van der Waals surface area contributed by atoms with Crippen LogP contribution < -0.4 is 5.32 Å². The van der Waals surface area contributed by atoms with E-state index >= 15 is 0 Å². The van der Waals surface area contributed by atoms with Crippen LogP contribution in [0.2, 0.25) is 5.02 Å². The summed E-state index contributed by atoms with van der Waals surface area (Å²) in [7, 11) is 0. The molecule has 0 aliphatic rings. The van der Waals surface area contributed by atoms with Crippen molar-refractivity contribution >= 4 is 28.8 Å². The van der Waals surface area contributed by atoms with Crippen LogP contribution >= 0.6 is 11.6 Å². The number of nitrogens with zero attached hydrogens (tertiary/aromatic N) is 1. The number of nitro groups is 1. The number of carbonyl (C=O) groups is 1. The van der Waals surface area contributed by atoms with Crippen molar-refractivity contribution in [2.75, 3.05) is 5.32 Å². The van der Waals surface area contributed by atoms with Crippen LogP contribution in [-0.2, 0) is 0 Å². The minimum Gasteiger partial charge on any atom is -0.378 e. The van der Waals surface area contributed by atoms with E-state index in [-0.39, 0.29) is 23.9 Å². The highest BCUT2D eigenvalue weighted by molar-refractivity contribution is 6.31. The lowest BCUT2D eigenvalue weighted by molar-refractivity contribution is -0.384. The topological polar surface area (TPSA) is 72.2 Å². The summed E-state index contributed by atoms with van der Waals surface area (Å²) >= 11 is 6.01. The molecule has 0 aromatic heterocycles. The van der Waals surface area contributed by atoms with Crippen molar-refractivity contribution in [1.82, 2.24) is 0 Å². The number of carbonyl (C=O) groups excluding carboxylic acids is 1. The summed E-state index contributed by atoms with van der Waals surface area (Å²) in [5.74, 6) is -0.0385. The van der Waals surface area contributed by atoms with Crippen LogP contribution in [0.25, 0.3) is 0 Å². The van der Waals surface area contributed by atoms with Gasteiger partial charge in [0.1, 0.15) is 0 Å². The molecule has 0 bridgehead atoms. The second-order valence-corrected chi connectivity index (χ2v) is 6.99. The van der Waals surface area contributed by atoms with Crippen molar-refractivity contribution in [3.8, 4) is 0 Å². The van der Waals surface area contributed by atoms with Gasteiger partial charge in [-0.05, 0) is 36.8 Å². The van der Waals surface area contributed by atoms with Crippen LogP contribution in [0.5, 0.6) is 0 Å². The average molecular weight is 395 g/mol. The quantitative estimate of drug-likeness (QED) is 0.304. The van der Waals surface area contributed by atoms with E-state index in [1.54, 1.807) is 36.4 Å². The van der Waals surface area contributed by atoms with Gasteiger partial charge in [-0.2, -0.15) is 0 Å². The van der Waals surface area contributed by atoms with Crippen LogP contribution in [0.4, 0.5) is 11.4 Å². The number of aryl methyl sites for hydroxylation is 1. The van der Waals surface area contributed by atoms with Gasteiger partial charge in [0.2, 0.25) is 0 Å². The molecule has 1 unspecified atom stereocenters. The van der Waals surface area contributed by atoms with E-state index in [4.69, 9.17) is 11.6 Å². The predicted octanol–water partition coefficient (Wildman–Crippen LogP) is 5.98. The Labute approximate surface area is 168 Å². The van der Waals surface area contributed by atoms with Crippen molar-refractivity contribution in [1.29, 1.82) is 0 Å². The van der Waals surface area contributed by atoms with Crippen molar-refractivity contribution in [3.63, 3.8) is 0 Å². The van der Waals surface area contributed by atoms with Crippen LogP contribution in [0.1, 0.15) is 33.9 Å². The van der Waals surface area contributed by atoms with Gasteiger partial charge in [0.25, 0.3) is 5.69 Å². The molecule has 3 aromatic rings. The van der Waals surface area contributed by atoms with E-state index < -0.39 is 4.92 Å². The molecular weight excluding hydrogens is 376 g/mol. The molecule has 0 heterocycles. The molecule has 1 atom stereocenters. The van der Waals surface area contributed by atoms with Gasteiger partial charge < -0.3 is 5.32 Å². The van der Waals surface area contributed by atoms with Gasteiger partial charge >= 0.3 is 0 Å². The second-order valence-electron chi connectivity index (χ2n) is 6.55. The molecule has 0 radical (unpaired) electrons. The number of benzene rings is 3. The minimum absolute atomic E-state index is 0.0210. The Morgan fingerprint density at radius 1 is 1.07 bits per heavy atom. The highest BCUT2D eigenvalue weighted by Gasteiger charge is 2.18. The zero-order valence-electron chi connectivity index (χ0n) is 15.3.